The van der Waals surface area contributed by atoms with Gasteiger partial charge in [0.2, 0.25) is 5.91 Å². The van der Waals surface area contributed by atoms with Crippen LogP contribution in [-0.2, 0) is 4.79 Å². The van der Waals surface area contributed by atoms with E-state index in [1.807, 2.05) is 53.4 Å². The fourth-order valence-electron chi connectivity index (χ4n) is 3.04. The third-order valence-corrected chi connectivity index (χ3v) is 6.99. The number of amides is 3. The number of hydrogen-bond acceptors (Lipinski definition) is 5. The highest BCUT2D eigenvalue weighted by atomic mass is 35.5. The van der Waals surface area contributed by atoms with E-state index in [1.165, 1.54) is 11.8 Å². The molecule has 0 saturated carbocycles. The first-order chi connectivity index (χ1) is 14.1. The summed E-state index contributed by atoms with van der Waals surface area (Å²) in [6, 6.07) is 14.9. The van der Waals surface area contributed by atoms with Crippen molar-refractivity contribution in [3.05, 3.63) is 53.6 Å². The van der Waals surface area contributed by atoms with Crippen molar-refractivity contribution in [2.45, 2.75) is 4.34 Å². The highest BCUT2D eigenvalue weighted by molar-refractivity contribution is 8.01. The maximum Gasteiger partial charge on any atom is 0.321 e. The van der Waals surface area contributed by atoms with Crippen molar-refractivity contribution in [1.29, 1.82) is 0 Å². The van der Waals surface area contributed by atoms with Gasteiger partial charge in [-0.05, 0) is 30.3 Å². The topological polar surface area (TPSA) is 65.5 Å². The zero-order valence-corrected chi connectivity index (χ0v) is 17.9. The first-order valence-corrected chi connectivity index (χ1v) is 11.3. The van der Waals surface area contributed by atoms with Crippen LogP contribution in [0.3, 0.4) is 0 Å². The van der Waals surface area contributed by atoms with Gasteiger partial charge in [-0.2, -0.15) is 0 Å². The minimum Gasteiger partial charge on any atom is -0.338 e. The molecule has 150 valence electrons. The Kier molecular flexibility index (Phi) is 6.22. The largest absolute Gasteiger partial charge is 0.338 e. The number of nitrogens with zero attached hydrogens (tertiary/aromatic N) is 3. The van der Waals surface area contributed by atoms with Crippen LogP contribution in [0.2, 0.25) is 5.02 Å². The number of benzene rings is 2. The molecule has 0 spiro atoms. The number of carbonyl (C=O) groups excluding carboxylic acids is 2. The average molecular weight is 447 g/mol. The Morgan fingerprint density at radius 2 is 1.79 bits per heavy atom. The number of thioether (sulfide) groups is 1. The molecular weight excluding hydrogens is 428 g/mol. The van der Waals surface area contributed by atoms with Crippen molar-refractivity contribution in [2.75, 3.05) is 37.2 Å². The third-order valence-electron chi connectivity index (χ3n) is 4.59. The fraction of sp³-hybridized carbons (Fsp3) is 0.250. The number of anilines is 1. The van der Waals surface area contributed by atoms with Crippen LogP contribution in [-0.4, -0.2) is 58.7 Å². The molecule has 0 unspecified atom stereocenters. The Hall–Kier alpha value is -2.29. The van der Waals surface area contributed by atoms with Crippen LogP contribution >= 0.6 is 34.7 Å². The van der Waals surface area contributed by atoms with Crippen LogP contribution in [0.1, 0.15) is 0 Å². The van der Waals surface area contributed by atoms with Crippen LogP contribution in [0.4, 0.5) is 10.5 Å². The smallest absolute Gasteiger partial charge is 0.321 e. The van der Waals surface area contributed by atoms with Crippen LogP contribution in [0.15, 0.2) is 52.9 Å². The van der Waals surface area contributed by atoms with Gasteiger partial charge in [-0.15, -0.1) is 11.3 Å². The van der Waals surface area contributed by atoms with E-state index < -0.39 is 0 Å². The zero-order chi connectivity index (χ0) is 20.2. The van der Waals surface area contributed by atoms with Crippen molar-refractivity contribution >= 4 is 62.5 Å². The molecule has 1 aliphatic rings. The first kappa shape index (κ1) is 20.0. The van der Waals surface area contributed by atoms with Gasteiger partial charge in [-0.1, -0.05) is 41.6 Å². The molecule has 0 atom stereocenters. The summed E-state index contributed by atoms with van der Waals surface area (Å²) in [5.41, 5.74) is 1.63. The summed E-state index contributed by atoms with van der Waals surface area (Å²) in [4.78, 5) is 33.0. The first-order valence-electron chi connectivity index (χ1n) is 9.16. The fourth-order valence-corrected chi connectivity index (χ4v) is 5.16. The Bertz CT molecular complexity index is 1020. The molecule has 3 amide bonds. The van der Waals surface area contributed by atoms with Crippen LogP contribution in [0.25, 0.3) is 10.2 Å². The number of hydrogen-bond donors (Lipinski definition) is 1. The molecule has 0 aliphatic carbocycles. The molecule has 2 aromatic carbocycles. The van der Waals surface area contributed by atoms with Crippen molar-refractivity contribution < 1.29 is 9.59 Å². The second kappa shape index (κ2) is 9.02. The van der Waals surface area contributed by atoms with E-state index in [-0.39, 0.29) is 11.9 Å². The van der Waals surface area contributed by atoms with Gasteiger partial charge in [-0.25, -0.2) is 9.78 Å². The number of urea groups is 1. The number of fused-ring (bicyclic) bond motifs is 1. The maximum absolute atomic E-state index is 12.6. The SMILES string of the molecule is O=C(CSc1nc2cc(Cl)ccc2s1)N1CCN(C(=O)Nc2ccccc2)CC1. The normalized spacial score (nSPS) is 14.2. The van der Waals surface area contributed by atoms with Gasteiger partial charge in [0.15, 0.2) is 4.34 Å². The summed E-state index contributed by atoms with van der Waals surface area (Å²) in [6.45, 7) is 2.12. The quantitative estimate of drug-likeness (QED) is 0.602. The molecule has 4 rings (SSSR count). The Balaban J connectivity index is 1.25. The second-order valence-electron chi connectivity index (χ2n) is 6.54. The van der Waals surface area contributed by atoms with Crippen LogP contribution < -0.4 is 5.32 Å². The molecule has 6 nitrogen and oxygen atoms in total. The number of halogens is 1. The van der Waals surface area contributed by atoms with Crippen LogP contribution in [0.5, 0.6) is 0 Å². The number of rotatable bonds is 4. The molecule has 9 heteroatoms. The highest BCUT2D eigenvalue weighted by Crippen LogP contribution is 2.31. The molecule has 1 fully saturated rings. The summed E-state index contributed by atoms with van der Waals surface area (Å²) in [5.74, 6) is 0.402. The van der Waals surface area contributed by atoms with Gasteiger partial charge in [0.05, 0.1) is 16.0 Å². The van der Waals surface area contributed by atoms with Gasteiger partial charge in [-0.3, -0.25) is 4.79 Å². The number of carbonyl (C=O) groups is 2. The van der Waals surface area contributed by atoms with E-state index in [9.17, 15) is 9.59 Å². The van der Waals surface area contributed by atoms with E-state index >= 15 is 0 Å². The minimum atomic E-state index is -0.134. The van der Waals surface area contributed by atoms with Crippen molar-refractivity contribution in [3.8, 4) is 0 Å². The van der Waals surface area contributed by atoms with E-state index in [0.29, 0.717) is 37.0 Å². The van der Waals surface area contributed by atoms with Gasteiger partial charge < -0.3 is 15.1 Å². The molecule has 1 saturated heterocycles. The second-order valence-corrected chi connectivity index (χ2v) is 9.23. The molecule has 29 heavy (non-hydrogen) atoms. The molecule has 2 heterocycles. The summed E-state index contributed by atoms with van der Waals surface area (Å²) in [6.07, 6.45) is 0. The average Bonchev–Trinajstić information content (AvgIpc) is 3.15. The van der Waals surface area contributed by atoms with Gasteiger partial charge >= 0.3 is 6.03 Å². The Labute approximate surface area is 181 Å². The van der Waals surface area contributed by atoms with E-state index in [2.05, 4.69) is 10.3 Å². The van der Waals surface area contributed by atoms with E-state index in [0.717, 1.165) is 20.2 Å². The Morgan fingerprint density at radius 1 is 1.07 bits per heavy atom. The number of thiazole rings is 1. The zero-order valence-electron chi connectivity index (χ0n) is 15.5. The molecule has 0 bridgehead atoms. The maximum atomic E-state index is 12.6. The lowest BCUT2D eigenvalue weighted by Gasteiger charge is -2.34. The molecule has 1 N–H and O–H groups in total. The van der Waals surface area contributed by atoms with Crippen molar-refractivity contribution in [2.24, 2.45) is 0 Å². The molecule has 0 radical (unpaired) electrons. The third kappa shape index (κ3) is 5.01. The van der Waals surface area contributed by atoms with Crippen molar-refractivity contribution in [3.63, 3.8) is 0 Å². The Morgan fingerprint density at radius 3 is 2.55 bits per heavy atom. The molecular formula is C20H19ClN4O2S2. The summed E-state index contributed by atoms with van der Waals surface area (Å²) >= 11 is 9.00. The van der Waals surface area contributed by atoms with Crippen LogP contribution in [0, 0.1) is 0 Å². The lowest BCUT2D eigenvalue weighted by molar-refractivity contribution is -0.129. The van der Waals surface area contributed by atoms with E-state index in [4.69, 9.17) is 11.6 Å². The van der Waals surface area contributed by atoms with Gasteiger partial charge in [0.25, 0.3) is 0 Å². The summed E-state index contributed by atoms with van der Waals surface area (Å²) in [5, 5.41) is 3.54. The van der Waals surface area contributed by atoms with Gasteiger partial charge in [0, 0.05) is 36.9 Å². The number of para-hydroxylation sites is 1. The predicted molar refractivity (Wildman–Crippen MR) is 119 cm³/mol. The standard InChI is InChI=1S/C20H19ClN4O2S2/c21-14-6-7-17-16(12-14)23-20(29-17)28-13-18(26)24-8-10-25(11-9-24)19(27)22-15-4-2-1-3-5-15/h1-7,12H,8-11,13H2,(H,22,27). The lowest BCUT2D eigenvalue weighted by atomic mass is 10.3. The summed E-state index contributed by atoms with van der Waals surface area (Å²) in [7, 11) is 0. The number of piperazine rings is 1. The number of aromatic nitrogens is 1. The molecule has 1 aromatic heterocycles. The molecule has 1 aliphatic heterocycles. The lowest BCUT2D eigenvalue weighted by Crippen LogP contribution is -2.52. The predicted octanol–water partition coefficient (Wildman–Crippen LogP) is 4.42. The molecule has 3 aromatic rings. The minimum absolute atomic E-state index is 0.0652. The monoisotopic (exact) mass is 446 g/mol. The van der Waals surface area contributed by atoms with Gasteiger partial charge in [0.1, 0.15) is 0 Å². The van der Waals surface area contributed by atoms with E-state index in [1.54, 1.807) is 16.2 Å². The van der Waals surface area contributed by atoms with Crippen molar-refractivity contribution in [1.82, 2.24) is 14.8 Å². The highest BCUT2D eigenvalue weighted by Gasteiger charge is 2.24. The summed E-state index contributed by atoms with van der Waals surface area (Å²) < 4.78 is 1.92. The number of nitrogens with one attached hydrogen (secondary N) is 1.